The van der Waals surface area contributed by atoms with Crippen molar-refractivity contribution in [1.29, 1.82) is 0 Å². The normalized spacial score (nSPS) is 14.9. The van der Waals surface area contributed by atoms with Crippen LogP contribution in [-0.4, -0.2) is 23.3 Å². The Balaban J connectivity index is 2.66. The minimum Gasteiger partial charge on any atom is -0.383 e. The molecule has 0 saturated heterocycles. The van der Waals surface area contributed by atoms with Gasteiger partial charge in [-0.05, 0) is 37.5 Å². The Morgan fingerprint density at radius 2 is 2.00 bits per heavy atom. The van der Waals surface area contributed by atoms with Crippen molar-refractivity contribution in [2.75, 3.05) is 13.7 Å². The fourth-order valence-electron chi connectivity index (χ4n) is 2.59. The van der Waals surface area contributed by atoms with Crippen LogP contribution in [0.15, 0.2) is 18.2 Å². The minimum atomic E-state index is -0.124. The molecule has 0 fully saturated rings. The van der Waals surface area contributed by atoms with E-state index in [9.17, 15) is 0 Å². The molecule has 1 heterocycles. The van der Waals surface area contributed by atoms with Gasteiger partial charge in [-0.15, -0.1) is 11.6 Å². The molecular weight excluding hydrogens is 272 g/mol. The number of benzene rings is 1. The van der Waals surface area contributed by atoms with E-state index in [0.717, 1.165) is 16.9 Å². The number of imidazole rings is 1. The van der Waals surface area contributed by atoms with Gasteiger partial charge in [-0.2, -0.15) is 0 Å². The van der Waals surface area contributed by atoms with E-state index in [0.29, 0.717) is 12.5 Å². The molecule has 1 aromatic heterocycles. The molecule has 0 N–H and O–H groups in total. The number of alkyl halides is 1. The lowest BCUT2D eigenvalue weighted by Crippen LogP contribution is -2.22. The standard InChI is InChI=1S/C16H23ClN2O/c1-10(2)15(9-20-5)19-14-7-6-11(3)8-13(14)18-16(19)12(4)17/h6-8,10,12,15H,9H2,1-5H3. The summed E-state index contributed by atoms with van der Waals surface area (Å²) >= 11 is 6.34. The third kappa shape index (κ3) is 2.84. The summed E-state index contributed by atoms with van der Waals surface area (Å²) in [7, 11) is 1.74. The molecule has 20 heavy (non-hydrogen) atoms. The molecule has 1 aromatic carbocycles. The Morgan fingerprint density at radius 1 is 1.30 bits per heavy atom. The fraction of sp³-hybridized carbons (Fsp3) is 0.562. The second-order valence-electron chi connectivity index (χ2n) is 5.71. The van der Waals surface area contributed by atoms with E-state index in [4.69, 9.17) is 21.3 Å². The molecule has 4 heteroatoms. The van der Waals surface area contributed by atoms with E-state index in [1.165, 1.54) is 5.56 Å². The lowest BCUT2D eigenvalue weighted by atomic mass is 10.0. The number of nitrogens with zero attached hydrogens (tertiary/aromatic N) is 2. The number of ether oxygens (including phenoxy) is 1. The van der Waals surface area contributed by atoms with Gasteiger partial charge in [-0.3, -0.25) is 0 Å². The summed E-state index contributed by atoms with van der Waals surface area (Å²) in [6.07, 6.45) is 0. The summed E-state index contributed by atoms with van der Waals surface area (Å²) in [6.45, 7) is 9.11. The van der Waals surface area contributed by atoms with Crippen LogP contribution in [0, 0.1) is 12.8 Å². The molecule has 3 nitrogen and oxygen atoms in total. The molecule has 0 spiro atoms. The molecule has 2 unspecified atom stereocenters. The average molecular weight is 295 g/mol. The highest BCUT2D eigenvalue weighted by Gasteiger charge is 2.24. The van der Waals surface area contributed by atoms with Crippen molar-refractivity contribution in [3.8, 4) is 0 Å². The molecule has 0 aliphatic rings. The quantitative estimate of drug-likeness (QED) is 0.760. The Kier molecular flexibility index (Phi) is 4.71. The highest BCUT2D eigenvalue weighted by Crippen LogP contribution is 2.31. The minimum absolute atomic E-state index is 0.124. The van der Waals surface area contributed by atoms with Gasteiger partial charge < -0.3 is 9.30 Å². The number of aryl methyl sites for hydroxylation is 1. The number of methoxy groups -OCH3 is 1. The molecule has 0 radical (unpaired) electrons. The molecule has 0 aliphatic heterocycles. The summed E-state index contributed by atoms with van der Waals surface area (Å²) in [6, 6.07) is 6.60. The van der Waals surface area contributed by atoms with E-state index in [2.05, 4.69) is 43.5 Å². The van der Waals surface area contributed by atoms with Gasteiger partial charge in [0.15, 0.2) is 0 Å². The summed E-state index contributed by atoms with van der Waals surface area (Å²) in [5.41, 5.74) is 3.35. The van der Waals surface area contributed by atoms with Crippen LogP contribution < -0.4 is 0 Å². The van der Waals surface area contributed by atoms with Crippen molar-refractivity contribution < 1.29 is 4.74 Å². The maximum Gasteiger partial charge on any atom is 0.128 e. The monoisotopic (exact) mass is 294 g/mol. The summed E-state index contributed by atoms with van der Waals surface area (Å²) < 4.78 is 7.66. The van der Waals surface area contributed by atoms with Crippen LogP contribution in [0.2, 0.25) is 0 Å². The van der Waals surface area contributed by atoms with Gasteiger partial charge in [0.2, 0.25) is 0 Å². The highest BCUT2D eigenvalue weighted by atomic mass is 35.5. The molecular formula is C16H23ClN2O. The molecule has 2 rings (SSSR count). The topological polar surface area (TPSA) is 27.1 Å². The molecule has 0 saturated carbocycles. The van der Waals surface area contributed by atoms with Crippen molar-refractivity contribution in [1.82, 2.24) is 9.55 Å². The average Bonchev–Trinajstić information content (AvgIpc) is 2.73. The number of aromatic nitrogens is 2. The van der Waals surface area contributed by atoms with Crippen molar-refractivity contribution in [2.45, 2.75) is 39.1 Å². The second kappa shape index (κ2) is 6.15. The molecule has 2 atom stereocenters. The van der Waals surface area contributed by atoms with Gasteiger partial charge in [0, 0.05) is 7.11 Å². The Hall–Kier alpha value is -1.06. The number of hydrogen-bond acceptors (Lipinski definition) is 2. The van der Waals surface area contributed by atoms with Crippen LogP contribution in [0.25, 0.3) is 11.0 Å². The molecule has 2 aromatic rings. The lowest BCUT2D eigenvalue weighted by molar-refractivity contribution is 0.133. The molecule has 0 bridgehead atoms. The first-order valence-electron chi connectivity index (χ1n) is 7.07. The predicted octanol–water partition coefficient (Wildman–Crippen LogP) is 4.49. The number of rotatable bonds is 5. The molecule has 0 aliphatic carbocycles. The SMILES string of the molecule is COCC(C(C)C)n1c(C(C)Cl)nc2cc(C)ccc21. The summed E-state index contributed by atoms with van der Waals surface area (Å²) in [4.78, 5) is 4.73. The highest BCUT2D eigenvalue weighted by molar-refractivity contribution is 6.20. The molecule has 110 valence electrons. The van der Waals surface area contributed by atoms with Crippen LogP contribution >= 0.6 is 11.6 Å². The van der Waals surface area contributed by atoms with Gasteiger partial charge in [-0.1, -0.05) is 19.9 Å². The molecule has 0 amide bonds. The van der Waals surface area contributed by atoms with Crippen LogP contribution in [0.3, 0.4) is 0 Å². The van der Waals surface area contributed by atoms with Crippen LogP contribution in [-0.2, 0) is 4.74 Å². The van der Waals surface area contributed by atoms with Gasteiger partial charge in [0.05, 0.1) is 29.1 Å². The number of hydrogen-bond donors (Lipinski definition) is 0. The third-order valence-corrected chi connectivity index (χ3v) is 3.86. The van der Waals surface area contributed by atoms with Crippen molar-refractivity contribution in [3.05, 3.63) is 29.6 Å². The maximum atomic E-state index is 6.34. The Labute approximate surface area is 125 Å². The maximum absolute atomic E-state index is 6.34. The second-order valence-corrected chi connectivity index (χ2v) is 6.37. The van der Waals surface area contributed by atoms with Crippen LogP contribution in [0.5, 0.6) is 0 Å². The first-order chi connectivity index (χ1) is 9.45. The van der Waals surface area contributed by atoms with Crippen molar-refractivity contribution >= 4 is 22.6 Å². The van der Waals surface area contributed by atoms with E-state index in [1.807, 2.05) is 6.92 Å². The Morgan fingerprint density at radius 3 is 2.55 bits per heavy atom. The predicted molar refractivity (Wildman–Crippen MR) is 84.5 cm³/mol. The Bertz CT molecular complexity index is 589. The first-order valence-corrected chi connectivity index (χ1v) is 7.50. The van der Waals surface area contributed by atoms with Crippen molar-refractivity contribution in [2.24, 2.45) is 5.92 Å². The summed E-state index contributed by atoms with van der Waals surface area (Å²) in [5, 5.41) is -0.124. The van der Waals surface area contributed by atoms with Crippen LogP contribution in [0.1, 0.15) is 43.6 Å². The summed E-state index contributed by atoms with van der Waals surface area (Å²) in [5.74, 6) is 1.37. The first kappa shape index (κ1) is 15.3. The van der Waals surface area contributed by atoms with E-state index < -0.39 is 0 Å². The van der Waals surface area contributed by atoms with Crippen molar-refractivity contribution in [3.63, 3.8) is 0 Å². The third-order valence-electron chi connectivity index (χ3n) is 3.67. The smallest absolute Gasteiger partial charge is 0.128 e. The zero-order valence-electron chi connectivity index (χ0n) is 12.9. The van der Waals surface area contributed by atoms with E-state index in [1.54, 1.807) is 7.11 Å². The van der Waals surface area contributed by atoms with E-state index in [-0.39, 0.29) is 11.4 Å². The van der Waals surface area contributed by atoms with E-state index >= 15 is 0 Å². The number of fused-ring (bicyclic) bond motifs is 1. The zero-order chi connectivity index (χ0) is 14.9. The van der Waals surface area contributed by atoms with Gasteiger partial charge >= 0.3 is 0 Å². The zero-order valence-corrected chi connectivity index (χ0v) is 13.6. The van der Waals surface area contributed by atoms with Gasteiger partial charge in [0.1, 0.15) is 5.82 Å². The largest absolute Gasteiger partial charge is 0.383 e. The lowest BCUT2D eigenvalue weighted by Gasteiger charge is -2.25. The van der Waals surface area contributed by atoms with Gasteiger partial charge in [-0.25, -0.2) is 4.98 Å². The van der Waals surface area contributed by atoms with Crippen LogP contribution in [0.4, 0.5) is 0 Å². The van der Waals surface area contributed by atoms with Gasteiger partial charge in [0.25, 0.3) is 0 Å². The fourth-order valence-corrected chi connectivity index (χ4v) is 2.75. The number of halogens is 1.